The van der Waals surface area contributed by atoms with Crippen molar-refractivity contribution in [1.82, 2.24) is 5.32 Å². The maximum atomic E-state index is 12.8. The van der Waals surface area contributed by atoms with Crippen molar-refractivity contribution in [2.45, 2.75) is 51.2 Å². The third-order valence-electron chi connectivity index (χ3n) is 5.69. The summed E-state index contributed by atoms with van der Waals surface area (Å²) in [6.07, 6.45) is 1.36. The highest BCUT2D eigenvalue weighted by molar-refractivity contribution is 7.92. The number of hydrogen-bond acceptors (Lipinski definition) is 3. The highest BCUT2D eigenvalue weighted by Gasteiger charge is 2.31. The Labute approximate surface area is 186 Å². The van der Waals surface area contributed by atoms with Crippen molar-refractivity contribution in [3.05, 3.63) is 64.7 Å². The second kappa shape index (κ2) is 9.52. The standard InChI is InChI=1S/C23H27F3N2O3S/c1-3-21(18-9-8-16-6-4-5-7-17(16)14-18)27-22(29)15-28(32(2,30)31)20-12-10-19(11-13-20)23(24,25)26/h8-14,21H,3-7,15H2,1-2H3,(H,27,29). The molecule has 1 aliphatic carbocycles. The number of fused-ring (bicyclic) bond motifs is 1. The van der Waals surface area contributed by atoms with Crippen LogP contribution in [0.15, 0.2) is 42.5 Å². The van der Waals surface area contributed by atoms with Crippen LogP contribution in [0.2, 0.25) is 0 Å². The number of rotatable bonds is 7. The minimum atomic E-state index is -4.53. The van der Waals surface area contributed by atoms with Gasteiger partial charge in [0, 0.05) is 0 Å². The Bertz CT molecular complexity index is 1070. The Morgan fingerprint density at radius 1 is 1.06 bits per heavy atom. The van der Waals surface area contributed by atoms with Crippen LogP contribution >= 0.6 is 0 Å². The predicted molar refractivity (Wildman–Crippen MR) is 118 cm³/mol. The molecule has 1 unspecified atom stereocenters. The second-order valence-electron chi connectivity index (χ2n) is 8.08. The van der Waals surface area contributed by atoms with Gasteiger partial charge >= 0.3 is 6.18 Å². The number of nitrogens with zero attached hydrogens (tertiary/aromatic N) is 1. The summed E-state index contributed by atoms with van der Waals surface area (Å²) in [7, 11) is -3.89. The molecule has 0 bridgehead atoms. The summed E-state index contributed by atoms with van der Waals surface area (Å²) < 4.78 is 63.8. The number of nitrogens with one attached hydrogen (secondary N) is 1. The first kappa shape index (κ1) is 24.1. The van der Waals surface area contributed by atoms with Gasteiger partial charge in [0.2, 0.25) is 15.9 Å². The summed E-state index contributed by atoms with van der Waals surface area (Å²) in [5, 5.41) is 2.87. The molecule has 32 heavy (non-hydrogen) atoms. The minimum absolute atomic E-state index is 0.00233. The van der Waals surface area contributed by atoms with Gasteiger partial charge in [-0.3, -0.25) is 9.10 Å². The van der Waals surface area contributed by atoms with E-state index in [2.05, 4.69) is 17.4 Å². The summed E-state index contributed by atoms with van der Waals surface area (Å²) in [6.45, 7) is 1.40. The van der Waals surface area contributed by atoms with E-state index >= 15 is 0 Å². The zero-order valence-electron chi connectivity index (χ0n) is 18.1. The largest absolute Gasteiger partial charge is 0.416 e. The lowest BCUT2D eigenvalue weighted by molar-refractivity contribution is -0.137. The van der Waals surface area contributed by atoms with Crippen molar-refractivity contribution in [2.75, 3.05) is 17.1 Å². The summed E-state index contributed by atoms with van der Waals surface area (Å²) in [4.78, 5) is 12.7. The molecule has 0 saturated carbocycles. The Kier molecular flexibility index (Phi) is 7.17. The van der Waals surface area contributed by atoms with E-state index in [4.69, 9.17) is 0 Å². The highest BCUT2D eigenvalue weighted by Crippen LogP contribution is 2.31. The van der Waals surface area contributed by atoms with Gasteiger partial charge in [0.25, 0.3) is 0 Å². The van der Waals surface area contributed by atoms with Gasteiger partial charge in [-0.1, -0.05) is 25.1 Å². The maximum Gasteiger partial charge on any atom is 0.416 e. The molecule has 0 heterocycles. The molecule has 1 amide bonds. The van der Waals surface area contributed by atoms with Crippen molar-refractivity contribution in [3.8, 4) is 0 Å². The van der Waals surface area contributed by atoms with Crippen LogP contribution in [0, 0.1) is 0 Å². The molecule has 1 N–H and O–H groups in total. The third-order valence-corrected chi connectivity index (χ3v) is 6.83. The normalized spacial score (nSPS) is 15.0. The zero-order valence-corrected chi connectivity index (χ0v) is 18.9. The van der Waals surface area contributed by atoms with Crippen LogP contribution in [-0.4, -0.2) is 27.1 Å². The van der Waals surface area contributed by atoms with Gasteiger partial charge in [-0.15, -0.1) is 0 Å². The van der Waals surface area contributed by atoms with Gasteiger partial charge in [-0.05, 0) is 73.1 Å². The SMILES string of the molecule is CCC(NC(=O)CN(c1ccc(C(F)(F)F)cc1)S(C)(=O)=O)c1ccc2c(c1)CCCC2. The van der Waals surface area contributed by atoms with Crippen molar-refractivity contribution in [2.24, 2.45) is 0 Å². The van der Waals surface area contributed by atoms with E-state index in [0.717, 1.165) is 59.7 Å². The van der Waals surface area contributed by atoms with E-state index in [9.17, 15) is 26.4 Å². The topological polar surface area (TPSA) is 66.5 Å². The fourth-order valence-corrected chi connectivity index (χ4v) is 4.83. The first-order chi connectivity index (χ1) is 15.0. The molecule has 3 rings (SSSR count). The predicted octanol–water partition coefficient (Wildman–Crippen LogP) is 4.62. The summed E-state index contributed by atoms with van der Waals surface area (Å²) in [5.74, 6) is -0.528. The molecule has 174 valence electrons. The lowest BCUT2D eigenvalue weighted by Crippen LogP contribution is -2.41. The quantitative estimate of drug-likeness (QED) is 0.645. The summed E-state index contributed by atoms with van der Waals surface area (Å²) in [5.41, 5.74) is 2.67. The summed E-state index contributed by atoms with van der Waals surface area (Å²) >= 11 is 0. The van der Waals surface area contributed by atoms with E-state index in [1.807, 2.05) is 13.0 Å². The Morgan fingerprint density at radius 2 is 1.69 bits per heavy atom. The average molecular weight is 469 g/mol. The number of sulfonamides is 1. The van der Waals surface area contributed by atoms with Gasteiger partial charge < -0.3 is 5.32 Å². The number of anilines is 1. The molecule has 1 aliphatic rings. The van der Waals surface area contributed by atoms with Crippen LogP contribution in [0.1, 0.15) is 54.5 Å². The van der Waals surface area contributed by atoms with Crippen molar-refractivity contribution >= 4 is 21.6 Å². The summed E-state index contributed by atoms with van der Waals surface area (Å²) in [6, 6.07) is 9.60. The lowest BCUT2D eigenvalue weighted by atomic mass is 9.89. The number of carbonyl (C=O) groups is 1. The van der Waals surface area contributed by atoms with Crippen LogP contribution < -0.4 is 9.62 Å². The first-order valence-corrected chi connectivity index (χ1v) is 12.4. The molecule has 1 atom stereocenters. The van der Waals surface area contributed by atoms with Crippen LogP contribution in [0.25, 0.3) is 0 Å². The number of hydrogen-bond donors (Lipinski definition) is 1. The van der Waals surface area contributed by atoms with E-state index < -0.39 is 34.2 Å². The number of carbonyl (C=O) groups excluding carboxylic acids is 1. The molecular formula is C23H27F3N2O3S. The fourth-order valence-electron chi connectivity index (χ4n) is 3.98. The third kappa shape index (κ3) is 5.82. The molecule has 0 aliphatic heterocycles. The van der Waals surface area contributed by atoms with E-state index in [1.165, 1.54) is 17.5 Å². The minimum Gasteiger partial charge on any atom is -0.348 e. The van der Waals surface area contributed by atoms with Gasteiger partial charge in [0.05, 0.1) is 23.5 Å². The Balaban J connectivity index is 1.76. The van der Waals surface area contributed by atoms with Crippen molar-refractivity contribution in [3.63, 3.8) is 0 Å². The highest BCUT2D eigenvalue weighted by atomic mass is 32.2. The maximum absolute atomic E-state index is 12.8. The molecule has 0 saturated heterocycles. The smallest absolute Gasteiger partial charge is 0.348 e. The number of halogens is 3. The first-order valence-electron chi connectivity index (χ1n) is 10.5. The van der Waals surface area contributed by atoms with Gasteiger partial charge in [0.1, 0.15) is 6.54 Å². The Hall–Kier alpha value is -2.55. The second-order valence-corrected chi connectivity index (χ2v) is 9.98. The lowest BCUT2D eigenvalue weighted by Gasteiger charge is -2.25. The molecule has 0 spiro atoms. The van der Waals surface area contributed by atoms with Crippen LogP contribution in [0.5, 0.6) is 0 Å². The Morgan fingerprint density at radius 3 is 2.25 bits per heavy atom. The molecule has 0 aromatic heterocycles. The van der Waals surface area contributed by atoms with E-state index in [1.54, 1.807) is 0 Å². The average Bonchev–Trinajstić information content (AvgIpc) is 2.74. The monoisotopic (exact) mass is 468 g/mol. The number of amides is 1. The van der Waals surface area contributed by atoms with Crippen molar-refractivity contribution < 1.29 is 26.4 Å². The molecule has 2 aromatic carbocycles. The molecular weight excluding hydrogens is 441 g/mol. The molecule has 5 nitrogen and oxygen atoms in total. The zero-order chi connectivity index (χ0) is 23.5. The van der Waals surface area contributed by atoms with E-state index in [0.29, 0.717) is 6.42 Å². The van der Waals surface area contributed by atoms with Gasteiger partial charge in [-0.25, -0.2) is 8.42 Å². The molecule has 2 aromatic rings. The number of alkyl halides is 3. The van der Waals surface area contributed by atoms with Gasteiger partial charge in [0.15, 0.2) is 0 Å². The van der Waals surface area contributed by atoms with Crippen LogP contribution in [0.3, 0.4) is 0 Å². The number of benzene rings is 2. The van der Waals surface area contributed by atoms with Crippen molar-refractivity contribution in [1.29, 1.82) is 0 Å². The van der Waals surface area contributed by atoms with Crippen LogP contribution in [-0.2, 0) is 33.8 Å². The number of aryl methyl sites for hydroxylation is 2. The molecule has 0 radical (unpaired) electrons. The molecule has 9 heteroatoms. The van der Waals surface area contributed by atoms with Gasteiger partial charge in [-0.2, -0.15) is 13.2 Å². The van der Waals surface area contributed by atoms with Crippen LogP contribution in [0.4, 0.5) is 18.9 Å². The fraction of sp³-hybridized carbons (Fsp3) is 0.435. The molecule has 0 fully saturated rings. The van der Waals surface area contributed by atoms with E-state index in [-0.39, 0.29) is 11.7 Å².